The van der Waals surface area contributed by atoms with Crippen LogP contribution in [-0.2, 0) is 4.79 Å². The van der Waals surface area contributed by atoms with E-state index in [2.05, 4.69) is 20.8 Å². The van der Waals surface area contributed by atoms with Gasteiger partial charge in [-0.15, -0.1) is 0 Å². The molecule has 2 N–H and O–H groups in total. The summed E-state index contributed by atoms with van der Waals surface area (Å²) >= 11 is 0. The van der Waals surface area contributed by atoms with Crippen molar-refractivity contribution in [2.45, 2.75) is 67.4 Å². The molecule has 118 valence electrons. The number of benzene rings is 1. The van der Waals surface area contributed by atoms with Crippen molar-refractivity contribution in [3.05, 3.63) is 33.4 Å². The van der Waals surface area contributed by atoms with Crippen molar-refractivity contribution in [2.75, 3.05) is 0 Å². The van der Waals surface area contributed by atoms with E-state index in [9.17, 15) is 9.90 Å². The van der Waals surface area contributed by atoms with Crippen LogP contribution in [0.15, 0.2) is 0 Å². The van der Waals surface area contributed by atoms with E-state index in [1.165, 1.54) is 16.7 Å². The summed E-state index contributed by atoms with van der Waals surface area (Å²) in [6.45, 7) is 14.1. The van der Waals surface area contributed by atoms with Crippen LogP contribution in [0.4, 0.5) is 0 Å². The number of aliphatic hydroxyl groups is 1. The predicted octanol–water partition coefficient (Wildman–Crippen LogP) is 4.15. The highest BCUT2D eigenvalue weighted by molar-refractivity contribution is 5.67. The minimum Gasteiger partial charge on any atom is -0.481 e. The van der Waals surface area contributed by atoms with Gasteiger partial charge in [-0.25, -0.2) is 0 Å². The minimum absolute atomic E-state index is 0.0615. The summed E-state index contributed by atoms with van der Waals surface area (Å²) < 4.78 is 0. The first-order valence-corrected chi connectivity index (χ1v) is 7.44. The van der Waals surface area contributed by atoms with Crippen molar-refractivity contribution in [1.29, 1.82) is 0 Å². The number of aliphatic hydroxyl groups excluding tert-OH is 1. The summed E-state index contributed by atoms with van der Waals surface area (Å²) in [6, 6.07) is 0. The van der Waals surface area contributed by atoms with E-state index in [-0.39, 0.29) is 6.42 Å². The SMILES string of the molecule is Cc1c(C)c(C)c(C(O)CC(C)(C)CC(=O)O)c(C)c1C. The average molecular weight is 292 g/mol. The van der Waals surface area contributed by atoms with Gasteiger partial charge in [0.05, 0.1) is 12.5 Å². The molecule has 0 bridgehead atoms. The van der Waals surface area contributed by atoms with E-state index in [1.54, 1.807) is 0 Å². The molecule has 0 saturated heterocycles. The van der Waals surface area contributed by atoms with Crippen LogP contribution in [0.1, 0.15) is 66.2 Å². The molecule has 1 rings (SSSR count). The summed E-state index contributed by atoms with van der Waals surface area (Å²) in [7, 11) is 0. The van der Waals surface area contributed by atoms with E-state index < -0.39 is 17.5 Å². The van der Waals surface area contributed by atoms with E-state index in [0.29, 0.717) is 6.42 Å². The second kappa shape index (κ2) is 6.18. The number of rotatable bonds is 5. The Morgan fingerprint density at radius 3 is 1.71 bits per heavy atom. The zero-order valence-electron chi connectivity index (χ0n) is 14.3. The van der Waals surface area contributed by atoms with Crippen LogP contribution < -0.4 is 0 Å². The van der Waals surface area contributed by atoms with Crippen LogP contribution in [-0.4, -0.2) is 16.2 Å². The predicted molar refractivity (Wildman–Crippen MR) is 85.7 cm³/mol. The molecule has 0 radical (unpaired) electrons. The molecule has 0 saturated carbocycles. The first kappa shape index (κ1) is 17.7. The molecule has 3 heteroatoms. The average Bonchev–Trinajstić information content (AvgIpc) is 2.31. The number of carboxylic acids is 1. The summed E-state index contributed by atoms with van der Waals surface area (Å²) in [5.41, 5.74) is 6.46. The molecule has 1 unspecified atom stereocenters. The number of hydrogen-bond donors (Lipinski definition) is 2. The largest absolute Gasteiger partial charge is 0.481 e. The van der Waals surface area contributed by atoms with Crippen LogP contribution in [0.25, 0.3) is 0 Å². The molecule has 0 aliphatic heterocycles. The standard InChI is InChI=1S/C18H28O3/c1-10-11(2)13(4)17(14(5)12(10)3)15(19)8-18(6,7)9-16(20)21/h15,19H,8-9H2,1-7H3,(H,20,21). The van der Waals surface area contributed by atoms with Gasteiger partial charge in [0.1, 0.15) is 0 Å². The smallest absolute Gasteiger partial charge is 0.303 e. The van der Waals surface area contributed by atoms with Gasteiger partial charge in [-0.1, -0.05) is 13.8 Å². The fourth-order valence-corrected chi connectivity index (χ4v) is 3.14. The first-order valence-electron chi connectivity index (χ1n) is 7.44. The molecule has 0 aliphatic rings. The molecule has 21 heavy (non-hydrogen) atoms. The van der Waals surface area contributed by atoms with Crippen LogP contribution in [0.5, 0.6) is 0 Å². The van der Waals surface area contributed by atoms with Crippen LogP contribution in [0, 0.1) is 40.0 Å². The van der Waals surface area contributed by atoms with E-state index in [1.807, 2.05) is 27.7 Å². The van der Waals surface area contributed by atoms with Gasteiger partial charge in [0, 0.05) is 0 Å². The van der Waals surface area contributed by atoms with Crippen LogP contribution in [0.2, 0.25) is 0 Å². The maximum Gasteiger partial charge on any atom is 0.303 e. The quantitative estimate of drug-likeness (QED) is 0.857. The summed E-state index contributed by atoms with van der Waals surface area (Å²) in [5, 5.41) is 19.7. The summed E-state index contributed by atoms with van der Waals surface area (Å²) in [4.78, 5) is 10.9. The summed E-state index contributed by atoms with van der Waals surface area (Å²) in [6.07, 6.45) is -0.119. The number of carboxylic acid groups (broad SMARTS) is 1. The second-order valence-corrected chi connectivity index (χ2v) is 6.99. The topological polar surface area (TPSA) is 57.5 Å². The third kappa shape index (κ3) is 3.85. The van der Waals surface area contributed by atoms with Gasteiger partial charge >= 0.3 is 5.97 Å². The van der Waals surface area contributed by atoms with E-state index in [0.717, 1.165) is 16.7 Å². The lowest BCUT2D eigenvalue weighted by Crippen LogP contribution is -2.21. The lowest BCUT2D eigenvalue weighted by molar-refractivity contribution is -0.139. The Labute approximate surface area is 128 Å². The van der Waals surface area contributed by atoms with E-state index in [4.69, 9.17) is 5.11 Å². The molecule has 0 aromatic heterocycles. The zero-order valence-corrected chi connectivity index (χ0v) is 14.3. The fraction of sp³-hybridized carbons (Fsp3) is 0.611. The monoisotopic (exact) mass is 292 g/mol. The molecule has 0 spiro atoms. The first-order chi connectivity index (χ1) is 9.48. The maximum absolute atomic E-state index is 10.9. The Morgan fingerprint density at radius 2 is 1.33 bits per heavy atom. The summed E-state index contributed by atoms with van der Waals surface area (Å²) in [5.74, 6) is -0.822. The van der Waals surface area contributed by atoms with Crippen molar-refractivity contribution in [2.24, 2.45) is 5.41 Å². The molecular formula is C18H28O3. The molecule has 1 atom stereocenters. The molecule has 0 fully saturated rings. The lowest BCUT2D eigenvalue weighted by atomic mass is 9.78. The fourth-order valence-electron chi connectivity index (χ4n) is 3.14. The Bertz CT molecular complexity index is 527. The van der Waals surface area contributed by atoms with Gasteiger partial charge in [-0.3, -0.25) is 4.79 Å². The zero-order chi connectivity index (χ0) is 16.5. The molecule has 1 aromatic rings. The van der Waals surface area contributed by atoms with Gasteiger partial charge in [0.2, 0.25) is 0 Å². The Balaban J connectivity index is 3.20. The Morgan fingerprint density at radius 1 is 0.952 bits per heavy atom. The van der Waals surface area contributed by atoms with Crippen LogP contribution >= 0.6 is 0 Å². The maximum atomic E-state index is 10.9. The Hall–Kier alpha value is -1.35. The van der Waals surface area contributed by atoms with E-state index >= 15 is 0 Å². The van der Waals surface area contributed by atoms with Gasteiger partial charge in [-0.05, 0) is 79.8 Å². The van der Waals surface area contributed by atoms with Crippen molar-refractivity contribution < 1.29 is 15.0 Å². The molecule has 1 aromatic carbocycles. The molecule has 0 amide bonds. The number of aliphatic carboxylic acids is 1. The molecular weight excluding hydrogens is 264 g/mol. The molecule has 3 nitrogen and oxygen atoms in total. The Kier molecular flexibility index (Phi) is 5.21. The minimum atomic E-state index is -0.822. The third-order valence-corrected chi connectivity index (χ3v) is 4.77. The van der Waals surface area contributed by atoms with Crippen molar-refractivity contribution >= 4 is 5.97 Å². The lowest BCUT2D eigenvalue weighted by Gasteiger charge is -2.29. The van der Waals surface area contributed by atoms with Gasteiger partial charge in [0.15, 0.2) is 0 Å². The molecule has 0 aliphatic carbocycles. The van der Waals surface area contributed by atoms with Crippen molar-refractivity contribution in [1.82, 2.24) is 0 Å². The highest BCUT2D eigenvalue weighted by atomic mass is 16.4. The number of carbonyl (C=O) groups is 1. The van der Waals surface area contributed by atoms with Gasteiger partial charge in [0.25, 0.3) is 0 Å². The number of hydrogen-bond acceptors (Lipinski definition) is 2. The van der Waals surface area contributed by atoms with Crippen LogP contribution in [0.3, 0.4) is 0 Å². The van der Waals surface area contributed by atoms with Gasteiger partial charge in [-0.2, -0.15) is 0 Å². The van der Waals surface area contributed by atoms with Gasteiger partial charge < -0.3 is 10.2 Å². The second-order valence-electron chi connectivity index (χ2n) is 6.99. The molecule has 0 heterocycles. The van der Waals surface area contributed by atoms with Crippen molar-refractivity contribution in [3.8, 4) is 0 Å². The normalized spacial score (nSPS) is 13.3. The highest BCUT2D eigenvalue weighted by Gasteiger charge is 2.28. The van der Waals surface area contributed by atoms with Crippen molar-refractivity contribution in [3.63, 3.8) is 0 Å². The third-order valence-electron chi connectivity index (χ3n) is 4.77. The highest BCUT2D eigenvalue weighted by Crippen LogP contribution is 2.37.